The van der Waals surface area contributed by atoms with Crippen LogP contribution in [0.3, 0.4) is 0 Å². The van der Waals surface area contributed by atoms with Gasteiger partial charge in [-0.05, 0) is 19.1 Å². The molecule has 0 saturated heterocycles. The number of thioether (sulfide) groups is 1. The van der Waals surface area contributed by atoms with Crippen molar-refractivity contribution < 1.29 is 23.5 Å². The fourth-order valence-electron chi connectivity index (χ4n) is 1.97. The van der Waals surface area contributed by atoms with E-state index in [4.69, 9.17) is 5.11 Å². The molecule has 0 radical (unpaired) electrons. The van der Waals surface area contributed by atoms with Crippen molar-refractivity contribution in [2.24, 2.45) is 0 Å². The van der Waals surface area contributed by atoms with Gasteiger partial charge in [-0.2, -0.15) is 0 Å². The number of carbonyl (C=O) groups is 2. The third kappa shape index (κ3) is 5.52. The molecule has 25 heavy (non-hydrogen) atoms. The van der Waals surface area contributed by atoms with Crippen LogP contribution in [0.15, 0.2) is 35.7 Å². The Morgan fingerprint density at radius 1 is 1.32 bits per heavy atom. The molecule has 134 valence electrons. The van der Waals surface area contributed by atoms with Gasteiger partial charge in [0.25, 0.3) is 0 Å². The summed E-state index contributed by atoms with van der Waals surface area (Å²) in [5.41, 5.74) is 1.89. The van der Waals surface area contributed by atoms with Crippen LogP contribution in [0.1, 0.15) is 12.0 Å². The minimum Gasteiger partial charge on any atom is -0.480 e. The van der Waals surface area contributed by atoms with Crippen LogP contribution in [0, 0.1) is 6.92 Å². The number of hydrogen-bond donors (Lipinski definition) is 2. The Morgan fingerprint density at radius 3 is 2.60 bits per heavy atom. The molecule has 2 rings (SSSR count). The van der Waals surface area contributed by atoms with Gasteiger partial charge in [-0.25, -0.2) is 13.6 Å². The van der Waals surface area contributed by atoms with E-state index < -0.39 is 30.8 Å². The lowest BCUT2D eigenvalue weighted by Gasteiger charge is -2.13. The van der Waals surface area contributed by atoms with Gasteiger partial charge in [0, 0.05) is 12.1 Å². The van der Waals surface area contributed by atoms with Crippen molar-refractivity contribution in [1.29, 1.82) is 0 Å². The number of amides is 1. The number of aliphatic carboxylic acids is 1. The third-order valence-corrected chi connectivity index (χ3v) is 4.15. The van der Waals surface area contributed by atoms with Crippen LogP contribution >= 0.6 is 11.8 Å². The Balaban J connectivity index is 1.97. The molecule has 1 aromatic heterocycles. The van der Waals surface area contributed by atoms with Crippen LogP contribution in [0.5, 0.6) is 0 Å². The zero-order valence-electron chi connectivity index (χ0n) is 13.2. The van der Waals surface area contributed by atoms with E-state index in [1.807, 2.05) is 31.2 Å². The summed E-state index contributed by atoms with van der Waals surface area (Å²) >= 11 is 1.03. The predicted octanol–water partition coefficient (Wildman–Crippen LogP) is 1.89. The van der Waals surface area contributed by atoms with E-state index in [2.05, 4.69) is 15.5 Å². The van der Waals surface area contributed by atoms with Crippen molar-refractivity contribution >= 4 is 23.6 Å². The van der Waals surface area contributed by atoms with Crippen LogP contribution in [-0.4, -0.2) is 50.0 Å². The highest BCUT2D eigenvalue weighted by Gasteiger charge is 2.24. The van der Waals surface area contributed by atoms with E-state index >= 15 is 0 Å². The largest absolute Gasteiger partial charge is 0.480 e. The number of nitrogens with zero attached hydrogens (tertiary/aromatic N) is 3. The first-order valence-corrected chi connectivity index (χ1v) is 8.25. The number of carbonyl (C=O) groups excluding carboxylic acids is 1. The molecule has 1 amide bonds. The maximum Gasteiger partial charge on any atom is 0.326 e. The summed E-state index contributed by atoms with van der Waals surface area (Å²) in [4.78, 5) is 22.7. The smallest absolute Gasteiger partial charge is 0.326 e. The van der Waals surface area contributed by atoms with Crippen molar-refractivity contribution in [3.8, 4) is 5.69 Å². The molecule has 7 nitrogen and oxygen atoms in total. The molecular weight excluding hydrogens is 354 g/mol. The summed E-state index contributed by atoms with van der Waals surface area (Å²) < 4.78 is 26.3. The standard InChI is InChI=1S/C15H16F2N4O3S/c1-9-2-4-10(5-3-9)21-8-18-20-15(21)25-7-13(22)19-11(14(23)24)6-12(16)17/h2-5,8,11-12H,6-7H2,1H3,(H,19,22)(H,23,24). The molecule has 1 unspecified atom stereocenters. The first-order valence-electron chi connectivity index (χ1n) is 7.27. The molecule has 0 saturated carbocycles. The molecule has 10 heteroatoms. The van der Waals surface area contributed by atoms with E-state index in [-0.39, 0.29) is 5.75 Å². The quantitative estimate of drug-likeness (QED) is 0.689. The first-order chi connectivity index (χ1) is 11.9. The van der Waals surface area contributed by atoms with Crippen LogP contribution in [0.2, 0.25) is 0 Å². The minimum absolute atomic E-state index is 0.169. The van der Waals surface area contributed by atoms with Crippen molar-refractivity contribution in [1.82, 2.24) is 20.1 Å². The van der Waals surface area contributed by atoms with E-state index in [0.29, 0.717) is 5.16 Å². The van der Waals surface area contributed by atoms with Gasteiger partial charge in [-0.3, -0.25) is 9.36 Å². The Labute approximate surface area is 146 Å². The molecule has 0 fully saturated rings. The Morgan fingerprint density at radius 2 is 2.00 bits per heavy atom. The normalized spacial score (nSPS) is 12.2. The molecule has 0 aliphatic heterocycles. The number of nitrogens with one attached hydrogen (secondary N) is 1. The number of aryl methyl sites for hydroxylation is 1. The first kappa shape index (κ1) is 18.8. The van der Waals surface area contributed by atoms with E-state index in [0.717, 1.165) is 23.0 Å². The fraction of sp³-hybridized carbons (Fsp3) is 0.333. The highest BCUT2D eigenvalue weighted by atomic mass is 32.2. The topological polar surface area (TPSA) is 97.1 Å². The lowest BCUT2D eigenvalue weighted by Crippen LogP contribution is -2.42. The Kier molecular flexibility index (Phi) is 6.45. The number of halogens is 2. The molecule has 1 aromatic carbocycles. The van der Waals surface area contributed by atoms with Gasteiger partial charge in [0.1, 0.15) is 12.4 Å². The Hall–Kier alpha value is -2.49. The zero-order chi connectivity index (χ0) is 18.4. The molecule has 1 atom stereocenters. The van der Waals surface area contributed by atoms with Gasteiger partial charge >= 0.3 is 5.97 Å². The third-order valence-electron chi connectivity index (χ3n) is 3.21. The summed E-state index contributed by atoms with van der Waals surface area (Å²) in [5, 5.41) is 19.1. The Bertz CT molecular complexity index is 737. The second-order valence-electron chi connectivity index (χ2n) is 5.19. The number of alkyl halides is 2. The molecule has 0 aliphatic carbocycles. The van der Waals surface area contributed by atoms with Gasteiger partial charge in [0.05, 0.1) is 5.75 Å². The molecule has 1 heterocycles. The maximum atomic E-state index is 12.3. The lowest BCUT2D eigenvalue weighted by molar-refractivity contribution is -0.142. The summed E-state index contributed by atoms with van der Waals surface area (Å²) in [6, 6.07) is 5.94. The molecule has 0 spiro atoms. The average molecular weight is 370 g/mol. The lowest BCUT2D eigenvalue weighted by atomic mass is 10.2. The van der Waals surface area contributed by atoms with E-state index in [1.54, 1.807) is 4.57 Å². The second kappa shape index (κ2) is 8.56. The van der Waals surface area contributed by atoms with E-state index in [1.165, 1.54) is 6.33 Å². The number of aromatic nitrogens is 3. The molecular formula is C15H16F2N4O3S. The molecule has 2 aromatic rings. The van der Waals surface area contributed by atoms with Gasteiger partial charge in [0.15, 0.2) is 5.16 Å². The maximum absolute atomic E-state index is 12.3. The zero-order valence-corrected chi connectivity index (χ0v) is 14.0. The number of rotatable bonds is 8. The number of benzene rings is 1. The number of carboxylic acid groups (broad SMARTS) is 1. The van der Waals surface area contributed by atoms with Crippen LogP contribution in [-0.2, 0) is 9.59 Å². The SMILES string of the molecule is Cc1ccc(-n2cnnc2SCC(=O)NC(CC(F)F)C(=O)O)cc1. The van der Waals surface area contributed by atoms with Crippen molar-refractivity contribution in [3.63, 3.8) is 0 Å². The van der Waals surface area contributed by atoms with Crippen molar-refractivity contribution in [2.45, 2.75) is 31.0 Å². The number of hydrogen-bond acceptors (Lipinski definition) is 5. The van der Waals surface area contributed by atoms with Crippen LogP contribution < -0.4 is 5.32 Å². The van der Waals surface area contributed by atoms with Gasteiger partial charge < -0.3 is 10.4 Å². The van der Waals surface area contributed by atoms with E-state index in [9.17, 15) is 18.4 Å². The summed E-state index contributed by atoms with van der Waals surface area (Å²) in [7, 11) is 0. The molecule has 0 bridgehead atoms. The van der Waals surface area contributed by atoms with Crippen LogP contribution in [0.4, 0.5) is 8.78 Å². The summed E-state index contributed by atoms with van der Waals surface area (Å²) in [6.45, 7) is 1.95. The van der Waals surface area contributed by atoms with Gasteiger partial charge in [0.2, 0.25) is 12.3 Å². The minimum atomic E-state index is -2.82. The van der Waals surface area contributed by atoms with Gasteiger partial charge in [-0.1, -0.05) is 29.5 Å². The second-order valence-corrected chi connectivity index (χ2v) is 6.14. The highest BCUT2D eigenvalue weighted by molar-refractivity contribution is 7.99. The average Bonchev–Trinajstić information content (AvgIpc) is 3.01. The van der Waals surface area contributed by atoms with Crippen LogP contribution in [0.25, 0.3) is 5.69 Å². The van der Waals surface area contributed by atoms with Crippen molar-refractivity contribution in [2.75, 3.05) is 5.75 Å². The summed E-state index contributed by atoms with van der Waals surface area (Å²) in [5.74, 6) is -2.34. The predicted molar refractivity (Wildman–Crippen MR) is 87.0 cm³/mol. The van der Waals surface area contributed by atoms with Gasteiger partial charge in [-0.15, -0.1) is 10.2 Å². The summed E-state index contributed by atoms with van der Waals surface area (Å²) in [6.07, 6.45) is -2.27. The van der Waals surface area contributed by atoms with Crippen molar-refractivity contribution in [3.05, 3.63) is 36.2 Å². The molecule has 0 aliphatic rings. The highest BCUT2D eigenvalue weighted by Crippen LogP contribution is 2.19. The number of carboxylic acids is 1. The molecule has 2 N–H and O–H groups in total. The fourth-order valence-corrected chi connectivity index (χ4v) is 2.71. The monoisotopic (exact) mass is 370 g/mol.